The van der Waals surface area contributed by atoms with Crippen molar-refractivity contribution >= 4 is 12.4 Å². The van der Waals surface area contributed by atoms with Crippen LogP contribution in [-0.2, 0) is 4.74 Å². The second kappa shape index (κ2) is 8.79. The molecule has 2 heterocycles. The Hall–Kier alpha value is -1.70. The number of aromatic hydroxyl groups is 1. The van der Waals surface area contributed by atoms with Gasteiger partial charge in [0.05, 0.1) is 25.3 Å². The van der Waals surface area contributed by atoms with Crippen LogP contribution in [0.1, 0.15) is 55.6 Å². The summed E-state index contributed by atoms with van der Waals surface area (Å²) in [5, 5.41) is 22.4. The predicted octanol–water partition coefficient (Wildman–Crippen LogP) is 2.73. The van der Waals surface area contributed by atoms with Gasteiger partial charge in [-0.25, -0.2) is 4.68 Å². The molecule has 1 saturated carbocycles. The first-order valence-electron chi connectivity index (χ1n) is 9.21. The molecule has 1 atom stereocenters. The van der Waals surface area contributed by atoms with E-state index in [2.05, 4.69) is 20.4 Å². The highest BCUT2D eigenvalue weighted by Crippen LogP contribution is 2.33. The molecule has 0 amide bonds. The summed E-state index contributed by atoms with van der Waals surface area (Å²) in [5.41, 5.74) is 1.10. The van der Waals surface area contributed by atoms with Crippen LogP contribution in [0.3, 0.4) is 0 Å². The molecule has 2 aliphatic rings. The Balaban J connectivity index is 0.00000196. The normalized spacial score (nSPS) is 20.5. The molecule has 1 aromatic heterocycles. The van der Waals surface area contributed by atoms with Gasteiger partial charge in [-0.1, -0.05) is 31.4 Å². The fraction of sp³-hybridized carbons (Fsp3) is 0.611. The average Bonchev–Trinajstić information content (AvgIpc) is 3.14. The van der Waals surface area contributed by atoms with Crippen LogP contribution >= 0.6 is 12.4 Å². The summed E-state index contributed by atoms with van der Waals surface area (Å²) in [4.78, 5) is 2.38. The molecule has 1 aliphatic heterocycles. The van der Waals surface area contributed by atoms with Gasteiger partial charge in [-0.3, -0.25) is 4.90 Å². The summed E-state index contributed by atoms with van der Waals surface area (Å²) in [5.74, 6) is 1.18. The van der Waals surface area contributed by atoms with E-state index in [0.29, 0.717) is 6.04 Å². The third-order valence-electron chi connectivity index (χ3n) is 5.30. The largest absolute Gasteiger partial charge is 0.508 e. The lowest BCUT2D eigenvalue weighted by molar-refractivity contribution is 0.0211. The van der Waals surface area contributed by atoms with Crippen molar-refractivity contribution in [2.45, 2.75) is 44.2 Å². The Labute approximate surface area is 159 Å². The zero-order valence-electron chi connectivity index (χ0n) is 14.8. The zero-order valence-corrected chi connectivity index (χ0v) is 15.6. The number of phenols is 1. The first-order chi connectivity index (χ1) is 12.3. The lowest BCUT2D eigenvalue weighted by atomic mass is 9.95. The third kappa shape index (κ3) is 4.00. The van der Waals surface area contributed by atoms with Crippen LogP contribution in [0, 0.1) is 0 Å². The van der Waals surface area contributed by atoms with Crippen molar-refractivity contribution in [1.29, 1.82) is 0 Å². The van der Waals surface area contributed by atoms with E-state index in [1.165, 1.54) is 19.3 Å². The molecule has 26 heavy (non-hydrogen) atoms. The topological polar surface area (TPSA) is 76.3 Å². The molecule has 0 spiro atoms. The minimum atomic E-state index is -0.0126. The summed E-state index contributed by atoms with van der Waals surface area (Å²) in [6.45, 7) is 3.14. The molecule has 1 aliphatic carbocycles. The summed E-state index contributed by atoms with van der Waals surface area (Å²) >= 11 is 0. The van der Waals surface area contributed by atoms with Gasteiger partial charge < -0.3 is 9.84 Å². The smallest absolute Gasteiger partial charge is 0.173 e. The van der Waals surface area contributed by atoms with Crippen molar-refractivity contribution in [3.8, 4) is 5.75 Å². The average molecular weight is 380 g/mol. The van der Waals surface area contributed by atoms with Gasteiger partial charge in [0, 0.05) is 13.1 Å². The number of rotatable bonds is 4. The molecule has 4 rings (SSSR count). The Morgan fingerprint density at radius 1 is 1.04 bits per heavy atom. The lowest BCUT2D eigenvalue weighted by Crippen LogP contribution is -2.41. The van der Waals surface area contributed by atoms with Crippen LogP contribution in [0.25, 0.3) is 0 Å². The van der Waals surface area contributed by atoms with E-state index in [1.54, 1.807) is 12.1 Å². The first-order valence-corrected chi connectivity index (χ1v) is 9.21. The number of ether oxygens (including phenoxy) is 1. The summed E-state index contributed by atoms with van der Waals surface area (Å²) in [7, 11) is 0. The molecule has 7 nitrogen and oxygen atoms in total. The molecule has 142 valence electrons. The van der Waals surface area contributed by atoms with E-state index >= 15 is 0 Å². The van der Waals surface area contributed by atoms with Gasteiger partial charge in [-0.2, -0.15) is 0 Å². The second-order valence-electron chi connectivity index (χ2n) is 6.92. The Morgan fingerprint density at radius 3 is 2.42 bits per heavy atom. The van der Waals surface area contributed by atoms with Crippen molar-refractivity contribution in [2.75, 3.05) is 26.3 Å². The monoisotopic (exact) mass is 379 g/mol. The predicted molar refractivity (Wildman–Crippen MR) is 99.5 cm³/mol. The number of morpholine rings is 1. The van der Waals surface area contributed by atoms with E-state index in [9.17, 15) is 5.11 Å². The SMILES string of the molecule is Cl.Oc1ccc(C(c2nnnn2C2CCCCC2)N2CCOCC2)cc1. The summed E-state index contributed by atoms with van der Waals surface area (Å²) < 4.78 is 7.58. The fourth-order valence-electron chi connectivity index (χ4n) is 3.98. The molecule has 1 N–H and O–H groups in total. The number of nitrogens with zero attached hydrogens (tertiary/aromatic N) is 5. The molecule has 1 unspecified atom stereocenters. The van der Waals surface area contributed by atoms with Gasteiger partial charge in [0.15, 0.2) is 5.82 Å². The fourth-order valence-corrected chi connectivity index (χ4v) is 3.98. The van der Waals surface area contributed by atoms with Gasteiger partial charge in [0.2, 0.25) is 0 Å². The zero-order chi connectivity index (χ0) is 17.1. The van der Waals surface area contributed by atoms with Crippen LogP contribution < -0.4 is 0 Å². The molecule has 0 radical (unpaired) electrons. The van der Waals surface area contributed by atoms with E-state index in [1.807, 2.05) is 16.8 Å². The maximum Gasteiger partial charge on any atom is 0.173 e. The van der Waals surface area contributed by atoms with Crippen molar-refractivity contribution in [3.63, 3.8) is 0 Å². The molecule has 0 bridgehead atoms. The van der Waals surface area contributed by atoms with Crippen LogP contribution in [0.2, 0.25) is 0 Å². The number of phenolic OH excluding ortho intramolecular Hbond substituents is 1. The molecule has 2 fully saturated rings. The quantitative estimate of drug-likeness (QED) is 0.880. The molecular weight excluding hydrogens is 354 g/mol. The highest BCUT2D eigenvalue weighted by Gasteiger charge is 2.31. The summed E-state index contributed by atoms with van der Waals surface area (Å²) in [6.07, 6.45) is 6.07. The molecule has 1 saturated heterocycles. The van der Waals surface area contributed by atoms with Gasteiger partial charge in [-0.15, -0.1) is 17.5 Å². The van der Waals surface area contributed by atoms with E-state index < -0.39 is 0 Å². The van der Waals surface area contributed by atoms with Gasteiger partial charge in [0.25, 0.3) is 0 Å². The van der Waals surface area contributed by atoms with E-state index in [-0.39, 0.29) is 24.2 Å². The third-order valence-corrected chi connectivity index (χ3v) is 5.30. The van der Waals surface area contributed by atoms with Gasteiger partial charge >= 0.3 is 0 Å². The van der Waals surface area contributed by atoms with Crippen LogP contribution in [0.15, 0.2) is 24.3 Å². The van der Waals surface area contributed by atoms with Gasteiger partial charge in [0.1, 0.15) is 5.75 Å². The molecule has 2 aromatic rings. The number of tetrazole rings is 1. The highest BCUT2D eigenvalue weighted by atomic mass is 35.5. The van der Waals surface area contributed by atoms with Crippen LogP contribution in [-0.4, -0.2) is 56.5 Å². The number of hydrogen-bond acceptors (Lipinski definition) is 6. The maximum atomic E-state index is 9.66. The Bertz CT molecular complexity index is 681. The molecule has 1 aromatic carbocycles. The van der Waals surface area contributed by atoms with E-state index in [4.69, 9.17) is 4.74 Å². The molecular formula is C18H26ClN5O2. The van der Waals surface area contributed by atoms with Gasteiger partial charge in [-0.05, 0) is 41.0 Å². The van der Waals surface area contributed by atoms with Crippen molar-refractivity contribution in [1.82, 2.24) is 25.1 Å². The highest BCUT2D eigenvalue weighted by molar-refractivity contribution is 5.85. The Morgan fingerprint density at radius 2 is 1.73 bits per heavy atom. The van der Waals surface area contributed by atoms with E-state index in [0.717, 1.165) is 50.5 Å². The number of benzene rings is 1. The van der Waals surface area contributed by atoms with Crippen molar-refractivity contribution < 1.29 is 9.84 Å². The maximum absolute atomic E-state index is 9.66. The minimum absolute atomic E-state index is 0. The minimum Gasteiger partial charge on any atom is -0.508 e. The Kier molecular flexibility index (Phi) is 6.45. The number of hydrogen-bond donors (Lipinski definition) is 1. The standard InChI is InChI=1S/C18H25N5O2.ClH/c24-16-8-6-14(7-9-16)17(22-10-12-25-13-11-22)18-19-20-21-23(18)15-4-2-1-3-5-15;/h6-9,15,17,24H,1-5,10-13H2;1H. The second-order valence-corrected chi connectivity index (χ2v) is 6.92. The number of halogens is 1. The van der Waals surface area contributed by atoms with Crippen molar-refractivity contribution in [3.05, 3.63) is 35.7 Å². The summed E-state index contributed by atoms with van der Waals surface area (Å²) in [6, 6.07) is 7.78. The number of aromatic nitrogens is 4. The lowest BCUT2D eigenvalue weighted by Gasteiger charge is -2.35. The molecule has 8 heteroatoms. The van der Waals surface area contributed by atoms with Crippen LogP contribution in [0.4, 0.5) is 0 Å². The van der Waals surface area contributed by atoms with Crippen LogP contribution in [0.5, 0.6) is 5.75 Å². The first kappa shape index (κ1) is 19.1. The van der Waals surface area contributed by atoms with Crippen molar-refractivity contribution in [2.24, 2.45) is 0 Å².